The molecule has 1 saturated heterocycles. The zero-order valence-corrected chi connectivity index (χ0v) is 18.0. The number of thioether (sulfide) groups is 1. The minimum absolute atomic E-state index is 0.0204. The van der Waals surface area contributed by atoms with E-state index in [2.05, 4.69) is 20.9 Å². The zero-order valence-electron chi connectivity index (χ0n) is 15.6. The van der Waals surface area contributed by atoms with E-state index < -0.39 is 0 Å². The Bertz CT molecular complexity index is 957. The number of benzene rings is 2. The highest BCUT2D eigenvalue weighted by atomic mass is 79.9. The molecule has 1 heterocycles. The number of phenols is 1. The van der Waals surface area contributed by atoms with Crippen LogP contribution in [0.1, 0.15) is 12.5 Å². The number of nitrogens with zero attached hydrogens (tertiary/aromatic N) is 2. The Kier molecular flexibility index (Phi) is 6.31. The predicted molar refractivity (Wildman–Crippen MR) is 115 cm³/mol. The van der Waals surface area contributed by atoms with Crippen LogP contribution in [0.2, 0.25) is 0 Å². The van der Waals surface area contributed by atoms with Crippen LogP contribution < -0.4 is 9.47 Å². The number of hydrogen-bond acceptors (Lipinski definition) is 6. The molecular formula is C20H19BrN2O4S. The Morgan fingerprint density at radius 2 is 1.93 bits per heavy atom. The molecule has 1 amide bonds. The van der Waals surface area contributed by atoms with E-state index >= 15 is 0 Å². The molecule has 0 unspecified atom stereocenters. The van der Waals surface area contributed by atoms with Crippen LogP contribution in [-0.2, 0) is 4.79 Å². The smallest absolute Gasteiger partial charge is 0.266 e. The maximum atomic E-state index is 12.8. The molecule has 8 heteroatoms. The quantitative estimate of drug-likeness (QED) is 0.646. The first-order chi connectivity index (χ1) is 13.5. The van der Waals surface area contributed by atoms with Gasteiger partial charge in [-0.1, -0.05) is 0 Å². The number of rotatable bonds is 5. The fourth-order valence-corrected chi connectivity index (χ4v) is 4.14. The van der Waals surface area contributed by atoms with Crippen LogP contribution in [0.5, 0.6) is 17.2 Å². The van der Waals surface area contributed by atoms with E-state index in [1.54, 1.807) is 30.2 Å². The number of halogens is 1. The lowest BCUT2D eigenvalue weighted by atomic mass is 10.2. The molecule has 0 aliphatic carbocycles. The van der Waals surface area contributed by atoms with Crippen molar-refractivity contribution in [3.8, 4) is 17.2 Å². The number of aliphatic imine (C=N–C) groups is 1. The number of phenolic OH excluding ortho intramolecular Hbond substituents is 1. The number of hydrogen-bond donors (Lipinski definition) is 1. The van der Waals surface area contributed by atoms with Gasteiger partial charge in [-0.05, 0) is 82.7 Å². The van der Waals surface area contributed by atoms with Crippen molar-refractivity contribution in [3.05, 3.63) is 51.3 Å². The van der Waals surface area contributed by atoms with Crippen molar-refractivity contribution in [2.45, 2.75) is 6.92 Å². The molecule has 1 aliphatic heterocycles. The summed E-state index contributed by atoms with van der Waals surface area (Å²) < 4.78 is 10.8. The SMILES string of the molecule is CCN1C(=O)/C(=C\c2cc(Br)c(O)c(OC)c2)SC1=Nc1ccc(OC)cc1. The van der Waals surface area contributed by atoms with Crippen LogP contribution in [-0.4, -0.2) is 41.8 Å². The van der Waals surface area contributed by atoms with Gasteiger partial charge in [-0.15, -0.1) is 0 Å². The molecular weight excluding hydrogens is 444 g/mol. The van der Waals surface area contributed by atoms with E-state index in [1.807, 2.05) is 31.2 Å². The van der Waals surface area contributed by atoms with E-state index in [1.165, 1.54) is 18.9 Å². The Hall–Kier alpha value is -2.45. The predicted octanol–water partition coefficient (Wildman–Crippen LogP) is 4.80. The summed E-state index contributed by atoms with van der Waals surface area (Å²) in [7, 11) is 3.09. The summed E-state index contributed by atoms with van der Waals surface area (Å²) in [6, 6.07) is 10.7. The molecule has 1 fully saturated rings. The molecule has 0 atom stereocenters. The Morgan fingerprint density at radius 3 is 2.54 bits per heavy atom. The van der Waals surface area contributed by atoms with Crippen molar-refractivity contribution in [3.63, 3.8) is 0 Å². The van der Waals surface area contributed by atoms with Crippen LogP contribution >= 0.6 is 27.7 Å². The standard InChI is InChI=1S/C20H19BrN2O4S/c1-4-23-19(25)17(11-12-9-15(21)18(24)16(10-12)27-3)28-20(23)22-13-5-7-14(26-2)8-6-13/h5-11,24H,4H2,1-3H3/b17-11+,22-20?. The average molecular weight is 463 g/mol. The van der Waals surface area contributed by atoms with E-state index in [0.29, 0.717) is 26.8 Å². The number of ether oxygens (including phenoxy) is 2. The molecule has 2 aromatic carbocycles. The van der Waals surface area contributed by atoms with Crippen molar-refractivity contribution in [1.82, 2.24) is 4.90 Å². The van der Waals surface area contributed by atoms with Gasteiger partial charge in [-0.3, -0.25) is 9.69 Å². The first kappa shape index (κ1) is 20.3. The highest BCUT2D eigenvalue weighted by Gasteiger charge is 2.32. The molecule has 0 bridgehead atoms. The van der Waals surface area contributed by atoms with Gasteiger partial charge in [0.25, 0.3) is 5.91 Å². The second-order valence-corrected chi connectivity index (χ2v) is 7.67. The number of amides is 1. The maximum Gasteiger partial charge on any atom is 0.266 e. The number of carbonyl (C=O) groups is 1. The molecule has 28 heavy (non-hydrogen) atoms. The van der Waals surface area contributed by atoms with Crippen molar-refractivity contribution in [1.29, 1.82) is 0 Å². The first-order valence-electron chi connectivity index (χ1n) is 8.47. The lowest BCUT2D eigenvalue weighted by Gasteiger charge is -2.12. The molecule has 6 nitrogen and oxygen atoms in total. The minimum atomic E-state index is -0.108. The lowest BCUT2D eigenvalue weighted by Crippen LogP contribution is -2.28. The van der Waals surface area contributed by atoms with Crippen LogP contribution in [0.3, 0.4) is 0 Å². The molecule has 1 aliphatic rings. The summed E-state index contributed by atoms with van der Waals surface area (Å²) in [5, 5.41) is 10.6. The van der Waals surface area contributed by atoms with Crippen molar-refractivity contribution >= 4 is 50.5 Å². The summed E-state index contributed by atoms with van der Waals surface area (Å²) in [6.45, 7) is 2.42. The van der Waals surface area contributed by atoms with Gasteiger partial charge in [0.2, 0.25) is 0 Å². The maximum absolute atomic E-state index is 12.8. The van der Waals surface area contributed by atoms with E-state index in [0.717, 1.165) is 17.0 Å². The Morgan fingerprint density at radius 1 is 1.21 bits per heavy atom. The molecule has 146 valence electrons. The summed E-state index contributed by atoms with van der Waals surface area (Å²) in [6.07, 6.45) is 1.76. The molecule has 0 radical (unpaired) electrons. The summed E-state index contributed by atoms with van der Waals surface area (Å²) >= 11 is 4.61. The van der Waals surface area contributed by atoms with Gasteiger partial charge in [0.05, 0.1) is 29.3 Å². The molecule has 3 rings (SSSR count). The van der Waals surface area contributed by atoms with Gasteiger partial charge < -0.3 is 14.6 Å². The fraction of sp³-hybridized carbons (Fsp3) is 0.200. The number of methoxy groups -OCH3 is 2. The fourth-order valence-electron chi connectivity index (χ4n) is 2.62. The summed E-state index contributed by atoms with van der Waals surface area (Å²) in [5.74, 6) is 0.991. The van der Waals surface area contributed by atoms with Gasteiger partial charge >= 0.3 is 0 Å². The first-order valence-corrected chi connectivity index (χ1v) is 10.1. The molecule has 0 aromatic heterocycles. The number of amidine groups is 1. The van der Waals surface area contributed by atoms with Crippen molar-refractivity contribution < 1.29 is 19.4 Å². The number of likely N-dealkylation sites (N-methyl/N-ethyl adjacent to an activating group) is 1. The molecule has 0 spiro atoms. The summed E-state index contributed by atoms with van der Waals surface area (Å²) in [4.78, 5) is 19.6. The zero-order chi connectivity index (χ0) is 20.3. The normalized spacial score (nSPS) is 16.9. The molecule has 1 N–H and O–H groups in total. The Labute approximate surface area is 176 Å². The second-order valence-electron chi connectivity index (χ2n) is 5.81. The van der Waals surface area contributed by atoms with Crippen LogP contribution in [0.15, 0.2) is 50.8 Å². The van der Waals surface area contributed by atoms with Gasteiger partial charge in [0.1, 0.15) is 5.75 Å². The van der Waals surface area contributed by atoms with Gasteiger partial charge in [-0.25, -0.2) is 4.99 Å². The third-order valence-electron chi connectivity index (χ3n) is 4.07. The molecule has 2 aromatic rings. The van der Waals surface area contributed by atoms with E-state index in [4.69, 9.17) is 9.47 Å². The van der Waals surface area contributed by atoms with Gasteiger partial charge in [-0.2, -0.15) is 0 Å². The van der Waals surface area contributed by atoms with E-state index in [-0.39, 0.29) is 11.7 Å². The lowest BCUT2D eigenvalue weighted by molar-refractivity contribution is -0.122. The number of carbonyl (C=O) groups excluding carboxylic acids is 1. The van der Waals surface area contributed by atoms with Crippen LogP contribution in [0.25, 0.3) is 6.08 Å². The van der Waals surface area contributed by atoms with Gasteiger partial charge in [0, 0.05) is 6.54 Å². The van der Waals surface area contributed by atoms with E-state index in [9.17, 15) is 9.90 Å². The topological polar surface area (TPSA) is 71.4 Å². The number of aromatic hydroxyl groups is 1. The Balaban J connectivity index is 1.93. The van der Waals surface area contributed by atoms with Crippen LogP contribution in [0.4, 0.5) is 5.69 Å². The summed E-state index contributed by atoms with van der Waals surface area (Å²) in [5.41, 5.74) is 1.48. The van der Waals surface area contributed by atoms with Gasteiger partial charge in [0.15, 0.2) is 16.7 Å². The van der Waals surface area contributed by atoms with Crippen LogP contribution in [0, 0.1) is 0 Å². The second kappa shape index (κ2) is 8.70. The average Bonchev–Trinajstić information content (AvgIpc) is 2.99. The highest BCUT2D eigenvalue weighted by molar-refractivity contribution is 9.10. The van der Waals surface area contributed by atoms with Crippen molar-refractivity contribution in [2.24, 2.45) is 4.99 Å². The monoisotopic (exact) mass is 462 g/mol. The third-order valence-corrected chi connectivity index (χ3v) is 5.68. The third kappa shape index (κ3) is 4.18. The largest absolute Gasteiger partial charge is 0.503 e. The minimum Gasteiger partial charge on any atom is -0.503 e. The molecule has 0 saturated carbocycles. The highest BCUT2D eigenvalue weighted by Crippen LogP contribution is 2.38. The van der Waals surface area contributed by atoms with Crippen molar-refractivity contribution in [2.75, 3.05) is 20.8 Å².